The average Bonchev–Trinajstić information content (AvgIpc) is 2.69. The van der Waals surface area contributed by atoms with Crippen LogP contribution < -0.4 is 10.6 Å². The molecule has 0 bridgehead atoms. The number of rotatable bonds is 11. The predicted octanol–water partition coefficient (Wildman–Crippen LogP) is 1.27. The highest BCUT2D eigenvalue weighted by Gasteiger charge is 2.17. The second-order valence-electron chi connectivity index (χ2n) is 6.67. The van der Waals surface area contributed by atoms with Gasteiger partial charge in [0.2, 0.25) is 0 Å². The minimum absolute atomic E-state index is 0.0296. The van der Waals surface area contributed by atoms with Gasteiger partial charge >= 0.3 is 23.9 Å². The molecule has 0 spiro atoms. The number of aromatic carboxylic acids is 2. The summed E-state index contributed by atoms with van der Waals surface area (Å²) in [6, 6.07) is 4.34. The monoisotopic (exact) mass is 448 g/mol. The molecule has 0 unspecified atom stereocenters. The van der Waals surface area contributed by atoms with E-state index in [9.17, 15) is 39.6 Å². The fraction of sp³-hybridized carbons (Fsp3) is 0.200. The first-order chi connectivity index (χ1) is 15.0. The summed E-state index contributed by atoms with van der Waals surface area (Å²) in [5.74, 6) is -6.03. The van der Waals surface area contributed by atoms with Crippen molar-refractivity contribution in [2.75, 3.05) is 23.7 Å². The Labute approximate surface area is 180 Å². The van der Waals surface area contributed by atoms with Crippen LogP contribution in [0.1, 0.15) is 31.8 Å². The van der Waals surface area contributed by atoms with E-state index in [0.717, 1.165) is 24.3 Å². The molecule has 0 amide bonds. The van der Waals surface area contributed by atoms with Crippen LogP contribution in [-0.2, 0) is 22.4 Å². The van der Waals surface area contributed by atoms with Gasteiger partial charge in [0.1, 0.15) is 11.5 Å². The second-order valence-corrected chi connectivity index (χ2v) is 6.67. The van der Waals surface area contributed by atoms with Crippen molar-refractivity contribution in [2.24, 2.45) is 0 Å². The van der Waals surface area contributed by atoms with Crippen molar-refractivity contribution in [3.05, 3.63) is 46.5 Å². The first-order valence-corrected chi connectivity index (χ1v) is 9.09. The second kappa shape index (κ2) is 10.0. The molecule has 0 aliphatic heterocycles. The number of aromatic hydroxyl groups is 2. The normalized spacial score (nSPS) is 10.4. The van der Waals surface area contributed by atoms with Gasteiger partial charge in [-0.15, -0.1) is 0 Å². The molecule has 170 valence electrons. The highest BCUT2D eigenvalue weighted by Crippen LogP contribution is 2.31. The lowest BCUT2D eigenvalue weighted by atomic mass is 10.0. The molecule has 8 N–H and O–H groups in total. The summed E-state index contributed by atoms with van der Waals surface area (Å²) in [7, 11) is 0. The van der Waals surface area contributed by atoms with Gasteiger partial charge in [0.05, 0.1) is 35.3 Å². The standard InChI is InChI=1S/C20H20N2O10/c23-15(24)7-9-3-11(19(29)30)5-13(17(9)27)21-1-2-22-14-6-12(20(31)32)4-10(18(14)28)8-16(25)26/h3-6,21-22,27-28H,1-2,7-8H2,(H,23,24)(H,25,26)(H,29,30)(H,31,32). The molecule has 0 heterocycles. The van der Waals surface area contributed by atoms with Crippen LogP contribution in [0.15, 0.2) is 24.3 Å². The molecule has 0 aliphatic carbocycles. The third-order valence-electron chi connectivity index (χ3n) is 4.31. The largest absolute Gasteiger partial charge is 0.505 e. The molecule has 2 aromatic rings. The predicted molar refractivity (Wildman–Crippen MR) is 110 cm³/mol. The first-order valence-electron chi connectivity index (χ1n) is 9.09. The molecule has 0 fully saturated rings. The van der Waals surface area contributed by atoms with Crippen molar-refractivity contribution < 1.29 is 49.8 Å². The Morgan fingerprint density at radius 2 is 0.969 bits per heavy atom. The summed E-state index contributed by atoms with van der Waals surface area (Å²) in [6.45, 7) is 0.0717. The van der Waals surface area contributed by atoms with Crippen molar-refractivity contribution in [1.82, 2.24) is 0 Å². The van der Waals surface area contributed by atoms with E-state index in [0.29, 0.717) is 0 Å². The lowest BCUT2D eigenvalue weighted by Gasteiger charge is -2.15. The summed E-state index contributed by atoms with van der Waals surface area (Å²) in [5, 5.41) is 62.1. The molecular weight excluding hydrogens is 428 g/mol. The van der Waals surface area contributed by atoms with E-state index in [1.54, 1.807) is 0 Å². The lowest BCUT2D eigenvalue weighted by molar-refractivity contribution is -0.137. The highest BCUT2D eigenvalue weighted by molar-refractivity contribution is 5.91. The van der Waals surface area contributed by atoms with Gasteiger partial charge in [-0.25, -0.2) is 9.59 Å². The van der Waals surface area contributed by atoms with Crippen LogP contribution >= 0.6 is 0 Å². The van der Waals surface area contributed by atoms with E-state index in [4.69, 9.17) is 10.2 Å². The maximum atomic E-state index is 11.3. The van der Waals surface area contributed by atoms with Gasteiger partial charge in [-0.1, -0.05) is 0 Å². The summed E-state index contributed by atoms with van der Waals surface area (Å²) in [6.07, 6.45) is -1.19. The number of aliphatic carboxylic acids is 2. The maximum absolute atomic E-state index is 11.3. The van der Waals surface area contributed by atoms with Crippen molar-refractivity contribution in [1.29, 1.82) is 0 Å². The van der Waals surface area contributed by atoms with E-state index in [-0.39, 0.29) is 46.7 Å². The van der Waals surface area contributed by atoms with Crippen molar-refractivity contribution >= 4 is 35.3 Å². The van der Waals surface area contributed by atoms with Gasteiger partial charge < -0.3 is 41.3 Å². The van der Waals surface area contributed by atoms with E-state index in [1.807, 2.05) is 0 Å². The number of nitrogens with one attached hydrogen (secondary N) is 2. The maximum Gasteiger partial charge on any atom is 0.335 e. The van der Waals surface area contributed by atoms with Crippen LogP contribution in [0.25, 0.3) is 0 Å². The molecule has 0 saturated carbocycles. The molecule has 12 heteroatoms. The number of hydrogen-bond donors (Lipinski definition) is 8. The summed E-state index contributed by atoms with van der Waals surface area (Å²) in [4.78, 5) is 44.4. The Bertz CT molecular complexity index is 995. The fourth-order valence-corrected chi connectivity index (χ4v) is 2.90. The minimum Gasteiger partial charge on any atom is -0.505 e. The van der Waals surface area contributed by atoms with Crippen LogP contribution in [0.2, 0.25) is 0 Å². The molecule has 0 radical (unpaired) electrons. The smallest absolute Gasteiger partial charge is 0.335 e. The number of benzene rings is 2. The van der Waals surface area contributed by atoms with Crippen LogP contribution in [0.3, 0.4) is 0 Å². The van der Waals surface area contributed by atoms with E-state index in [1.165, 1.54) is 0 Å². The molecule has 0 saturated heterocycles. The van der Waals surface area contributed by atoms with Crippen LogP contribution in [0.5, 0.6) is 11.5 Å². The topological polar surface area (TPSA) is 214 Å². The molecule has 0 aliphatic rings. The molecule has 0 aromatic heterocycles. The van der Waals surface area contributed by atoms with E-state index < -0.39 is 48.2 Å². The zero-order valence-corrected chi connectivity index (χ0v) is 16.5. The Balaban J connectivity index is 2.18. The number of carboxylic acids is 4. The van der Waals surface area contributed by atoms with Gasteiger partial charge in [-0.05, 0) is 24.3 Å². The summed E-state index contributed by atoms with van der Waals surface area (Å²) < 4.78 is 0. The average molecular weight is 448 g/mol. The van der Waals surface area contributed by atoms with Crippen molar-refractivity contribution in [2.45, 2.75) is 12.8 Å². The van der Waals surface area contributed by atoms with Gasteiger partial charge in [-0.3, -0.25) is 9.59 Å². The van der Waals surface area contributed by atoms with Crippen molar-refractivity contribution in [3.8, 4) is 11.5 Å². The third-order valence-corrected chi connectivity index (χ3v) is 4.31. The van der Waals surface area contributed by atoms with Gasteiger partial charge in [-0.2, -0.15) is 0 Å². The fourth-order valence-electron chi connectivity index (χ4n) is 2.90. The van der Waals surface area contributed by atoms with Crippen LogP contribution in [0.4, 0.5) is 11.4 Å². The molecule has 0 atom stereocenters. The number of anilines is 2. The zero-order chi connectivity index (χ0) is 24.0. The lowest BCUT2D eigenvalue weighted by Crippen LogP contribution is -2.16. The van der Waals surface area contributed by atoms with Crippen LogP contribution in [0, 0.1) is 0 Å². The number of carbonyl (C=O) groups is 4. The van der Waals surface area contributed by atoms with Crippen LogP contribution in [-0.4, -0.2) is 67.6 Å². The third kappa shape index (κ3) is 6.01. The first kappa shape index (κ1) is 23.8. The van der Waals surface area contributed by atoms with Gasteiger partial charge in [0.15, 0.2) is 0 Å². The Morgan fingerprint density at radius 3 is 1.25 bits per heavy atom. The summed E-state index contributed by atoms with van der Waals surface area (Å²) >= 11 is 0. The zero-order valence-electron chi connectivity index (χ0n) is 16.5. The molecule has 2 aromatic carbocycles. The highest BCUT2D eigenvalue weighted by atomic mass is 16.4. The van der Waals surface area contributed by atoms with E-state index >= 15 is 0 Å². The summed E-state index contributed by atoms with van der Waals surface area (Å²) in [5.41, 5.74) is -0.730. The Hall–Kier alpha value is -4.48. The van der Waals surface area contributed by atoms with E-state index in [2.05, 4.69) is 10.6 Å². The minimum atomic E-state index is -1.32. The Morgan fingerprint density at radius 1 is 0.625 bits per heavy atom. The molecule has 2 rings (SSSR count). The number of hydrogen-bond acceptors (Lipinski definition) is 8. The van der Waals surface area contributed by atoms with Gasteiger partial charge in [0, 0.05) is 24.2 Å². The number of carboxylic acid groups (broad SMARTS) is 4. The SMILES string of the molecule is O=C(O)Cc1cc(C(=O)O)cc(NCCNc2cc(C(=O)O)cc(CC(=O)O)c2O)c1O. The number of phenolic OH excluding ortho intramolecular Hbond substituents is 2. The van der Waals surface area contributed by atoms with Gasteiger partial charge in [0.25, 0.3) is 0 Å². The Kier molecular flexibility index (Phi) is 7.45. The number of phenols is 2. The van der Waals surface area contributed by atoms with Crippen molar-refractivity contribution in [3.63, 3.8) is 0 Å². The molecule has 32 heavy (non-hydrogen) atoms. The molecule has 12 nitrogen and oxygen atoms in total. The quantitative estimate of drug-likeness (QED) is 0.180. The molecular formula is C20H20N2O10.